The van der Waals surface area contributed by atoms with Crippen LogP contribution in [0.4, 0.5) is 0 Å². The summed E-state index contributed by atoms with van der Waals surface area (Å²) >= 11 is 1.59. The topological polar surface area (TPSA) is 41.1 Å². The lowest BCUT2D eigenvalue weighted by Gasteiger charge is -2.11. The first-order chi connectivity index (χ1) is 8.63. The molecule has 4 heteroatoms. The Labute approximate surface area is 114 Å². The van der Waals surface area contributed by atoms with E-state index < -0.39 is 0 Å². The number of hydrogen-bond donors (Lipinski definition) is 2. The highest BCUT2D eigenvalue weighted by atomic mass is 32.2. The molecule has 0 aliphatic carbocycles. The molecule has 0 atom stereocenters. The molecule has 100 valence electrons. The third kappa shape index (κ3) is 5.56. The molecule has 1 aromatic carbocycles. The molecule has 1 amide bonds. The fraction of sp³-hybridized carbons (Fsp3) is 0.500. The Kier molecular flexibility index (Phi) is 6.83. The van der Waals surface area contributed by atoms with Crippen molar-refractivity contribution in [2.75, 3.05) is 19.3 Å². The lowest BCUT2D eigenvalue weighted by Crippen LogP contribution is -2.21. The van der Waals surface area contributed by atoms with Crippen molar-refractivity contribution in [3.05, 3.63) is 29.8 Å². The van der Waals surface area contributed by atoms with Crippen molar-refractivity contribution in [2.24, 2.45) is 5.92 Å². The summed E-state index contributed by atoms with van der Waals surface area (Å²) < 4.78 is 0. The van der Waals surface area contributed by atoms with E-state index in [1.165, 1.54) is 10.5 Å². The van der Waals surface area contributed by atoms with Gasteiger partial charge in [-0.05, 0) is 24.1 Å². The van der Waals surface area contributed by atoms with Gasteiger partial charge in [0.05, 0.1) is 5.75 Å². The Hall–Kier alpha value is -1.00. The van der Waals surface area contributed by atoms with Crippen LogP contribution in [-0.2, 0) is 11.3 Å². The molecule has 0 aliphatic rings. The minimum Gasteiger partial charge on any atom is -0.358 e. The number of nitrogens with one attached hydrogen (secondary N) is 2. The first-order valence-corrected chi connectivity index (χ1v) is 7.24. The van der Waals surface area contributed by atoms with Crippen molar-refractivity contribution in [1.82, 2.24) is 10.6 Å². The predicted molar refractivity (Wildman–Crippen MR) is 77.8 cm³/mol. The lowest BCUT2D eigenvalue weighted by molar-refractivity contribution is -0.118. The molecule has 0 aromatic heterocycles. The number of amides is 1. The van der Waals surface area contributed by atoms with Crippen molar-refractivity contribution in [1.29, 1.82) is 0 Å². The fourth-order valence-electron chi connectivity index (χ4n) is 1.50. The van der Waals surface area contributed by atoms with E-state index in [0.29, 0.717) is 11.7 Å². The van der Waals surface area contributed by atoms with Crippen LogP contribution in [0.5, 0.6) is 0 Å². The number of benzene rings is 1. The van der Waals surface area contributed by atoms with Crippen LogP contribution in [0, 0.1) is 5.92 Å². The van der Waals surface area contributed by atoms with E-state index in [2.05, 4.69) is 36.6 Å². The van der Waals surface area contributed by atoms with E-state index in [1.54, 1.807) is 18.8 Å². The van der Waals surface area contributed by atoms with E-state index in [0.717, 1.165) is 13.1 Å². The zero-order valence-corrected chi connectivity index (χ0v) is 12.1. The zero-order chi connectivity index (χ0) is 13.4. The first kappa shape index (κ1) is 15.1. The fourth-order valence-corrected chi connectivity index (χ4v) is 2.43. The third-order valence-corrected chi connectivity index (χ3v) is 3.59. The van der Waals surface area contributed by atoms with Gasteiger partial charge in [-0.3, -0.25) is 4.79 Å². The van der Waals surface area contributed by atoms with Crippen LogP contribution in [0.15, 0.2) is 29.2 Å². The largest absolute Gasteiger partial charge is 0.358 e. The van der Waals surface area contributed by atoms with E-state index >= 15 is 0 Å². The number of carbonyl (C=O) groups is 1. The van der Waals surface area contributed by atoms with Gasteiger partial charge in [0.15, 0.2) is 0 Å². The molecule has 0 saturated heterocycles. The Morgan fingerprint density at radius 1 is 1.33 bits per heavy atom. The molecule has 0 radical (unpaired) electrons. The second-order valence-electron chi connectivity index (χ2n) is 4.59. The normalized spacial score (nSPS) is 10.7. The molecular weight excluding hydrogens is 244 g/mol. The summed E-state index contributed by atoms with van der Waals surface area (Å²) in [6.45, 7) is 6.25. The number of hydrogen-bond acceptors (Lipinski definition) is 3. The van der Waals surface area contributed by atoms with E-state index in [9.17, 15) is 4.79 Å². The van der Waals surface area contributed by atoms with Crippen LogP contribution < -0.4 is 10.6 Å². The van der Waals surface area contributed by atoms with Gasteiger partial charge < -0.3 is 10.6 Å². The molecule has 0 saturated carbocycles. The Morgan fingerprint density at radius 2 is 2.06 bits per heavy atom. The highest BCUT2D eigenvalue weighted by Crippen LogP contribution is 2.22. The second kappa shape index (κ2) is 8.16. The van der Waals surface area contributed by atoms with Crippen LogP contribution in [0.1, 0.15) is 19.4 Å². The highest BCUT2D eigenvalue weighted by Gasteiger charge is 2.05. The monoisotopic (exact) mass is 266 g/mol. The second-order valence-corrected chi connectivity index (χ2v) is 5.61. The average molecular weight is 266 g/mol. The summed E-state index contributed by atoms with van der Waals surface area (Å²) in [4.78, 5) is 12.4. The Balaban J connectivity index is 2.53. The average Bonchev–Trinajstić information content (AvgIpc) is 2.36. The molecule has 1 rings (SSSR count). The standard InChI is InChI=1S/C14H22N2OS/c1-11(2)8-16-9-12-6-4-5-7-13(12)18-10-14(17)15-3/h4-7,11,16H,8-10H2,1-3H3,(H,15,17). The molecule has 3 nitrogen and oxygen atoms in total. The van der Waals surface area contributed by atoms with Gasteiger partial charge in [0.1, 0.15) is 0 Å². The predicted octanol–water partition coefficient (Wildman–Crippen LogP) is 2.27. The molecule has 0 fully saturated rings. The molecule has 2 N–H and O–H groups in total. The molecular formula is C14H22N2OS. The van der Waals surface area contributed by atoms with Crippen molar-refractivity contribution < 1.29 is 4.79 Å². The van der Waals surface area contributed by atoms with Crippen LogP contribution in [-0.4, -0.2) is 25.3 Å². The quantitative estimate of drug-likeness (QED) is 0.744. The van der Waals surface area contributed by atoms with Crippen LogP contribution >= 0.6 is 11.8 Å². The first-order valence-electron chi connectivity index (χ1n) is 6.25. The molecule has 0 heterocycles. The van der Waals surface area contributed by atoms with Gasteiger partial charge in [-0.1, -0.05) is 32.0 Å². The van der Waals surface area contributed by atoms with Gasteiger partial charge in [0.2, 0.25) is 5.91 Å². The highest BCUT2D eigenvalue weighted by molar-refractivity contribution is 8.00. The molecule has 0 bridgehead atoms. The van der Waals surface area contributed by atoms with E-state index in [-0.39, 0.29) is 5.91 Å². The van der Waals surface area contributed by atoms with E-state index in [4.69, 9.17) is 0 Å². The Bertz CT molecular complexity index is 380. The smallest absolute Gasteiger partial charge is 0.230 e. The Morgan fingerprint density at radius 3 is 2.72 bits per heavy atom. The molecule has 0 spiro atoms. The van der Waals surface area contributed by atoms with Crippen molar-refractivity contribution in [3.8, 4) is 0 Å². The van der Waals surface area contributed by atoms with Gasteiger partial charge in [-0.25, -0.2) is 0 Å². The number of rotatable bonds is 7. The lowest BCUT2D eigenvalue weighted by atomic mass is 10.2. The summed E-state index contributed by atoms with van der Waals surface area (Å²) in [5.74, 6) is 1.18. The van der Waals surface area contributed by atoms with Crippen molar-refractivity contribution >= 4 is 17.7 Å². The number of thioether (sulfide) groups is 1. The van der Waals surface area contributed by atoms with Gasteiger partial charge >= 0.3 is 0 Å². The summed E-state index contributed by atoms with van der Waals surface area (Å²) in [5, 5.41) is 6.07. The molecule has 0 aliphatic heterocycles. The summed E-state index contributed by atoms with van der Waals surface area (Å²) in [5.41, 5.74) is 1.26. The molecule has 18 heavy (non-hydrogen) atoms. The van der Waals surface area contributed by atoms with Crippen LogP contribution in [0.3, 0.4) is 0 Å². The van der Waals surface area contributed by atoms with Gasteiger partial charge in [0, 0.05) is 18.5 Å². The minimum absolute atomic E-state index is 0.0601. The maximum absolute atomic E-state index is 11.3. The minimum atomic E-state index is 0.0601. The van der Waals surface area contributed by atoms with Gasteiger partial charge in [-0.2, -0.15) is 0 Å². The SMILES string of the molecule is CNC(=O)CSc1ccccc1CNCC(C)C. The summed E-state index contributed by atoms with van der Waals surface area (Å²) in [7, 11) is 1.67. The van der Waals surface area contributed by atoms with Gasteiger partial charge in [-0.15, -0.1) is 11.8 Å². The van der Waals surface area contributed by atoms with Crippen LogP contribution in [0.2, 0.25) is 0 Å². The number of carbonyl (C=O) groups excluding carboxylic acids is 1. The third-order valence-electron chi connectivity index (χ3n) is 2.48. The van der Waals surface area contributed by atoms with Crippen LogP contribution in [0.25, 0.3) is 0 Å². The van der Waals surface area contributed by atoms with Crippen molar-refractivity contribution in [2.45, 2.75) is 25.3 Å². The molecule has 0 unspecified atom stereocenters. The molecule has 1 aromatic rings. The van der Waals surface area contributed by atoms with Crippen molar-refractivity contribution in [3.63, 3.8) is 0 Å². The summed E-state index contributed by atoms with van der Waals surface area (Å²) in [6.07, 6.45) is 0. The van der Waals surface area contributed by atoms with E-state index in [1.807, 2.05) is 12.1 Å². The maximum atomic E-state index is 11.3. The zero-order valence-electron chi connectivity index (χ0n) is 11.3. The van der Waals surface area contributed by atoms with Gasteiger partial charge in [0.25, 0.3) is 0 Å². The summed E-state index contributed by atoms with van der Waals surface area (Å²) in [6, 6.07) is 8.23. The maximum Gasteiger partial charge on any atom is 0.230 e.